The van der Waals surface area contributed by atoms with Gasteiger partial charge in [0.2, 0.25) is 5.91 Å². The monoisotopic (exact) mass is 275 g/mol. The van der Waals surface area contributed by atoms with Gasteiger partial charge in [-0.15, -0.1) is 11.8 Å². The van der Waals surface area contributed by atoms with Gasteiger partial charge < -0.3 is 9.73 Å². The molecule has 0 unspecified atom stereocenters. The van der Waals surface area contributed by atoms with Crippen molar-refractivity contribution in [3.8, 4) is 0 Å². The zero-order chi connectivity index (χ0) is 13.7. The maximum Gasteiger partial charge on any atom is 0.237 e. The van der Waals surface area contributed by atoms with Gasteiger partial charge >= 0.3 is 0 Å². The Balaban J connectivity index is 1.83. The van der Waals surface area contributed by atoms with Crippen LogP contribution in [-0.2, 0) is 10.5 Å². The molecule has 1 heterocycles. The average Bonchev–Trinajstić information content (AvgIpc) is 2.91. The fourth-order valence-electron chi connectivity index (χ4n) is 1.56. The maximum absolute atomic E-state index is 12.0. The molecule has 1 atom stereocenters. The third-order valence-electron chi connectivity index (χ3n) is 2.74. The van der Waals surface area contributed by atoms with E-state index in [1.165, 1.54) is 5.56 Å². The molecule has 1 aromatic carbocycles. The molecule has 0 saturated carbocycles. The van der Waals surface area contributed by atoms with Crippen molar-refractivity contribution in [2.75, 3.05) is 5.32 Å². The Bertz CT molecular complexity index is 520. The number of thioether (sulfide) groups is 1. The van der Waals surface area contributed by atoms with Crippen LogP contribution in [0.3, 0.4) is 0 Å². The molecule has 3 nitrogen and oxygen atoms in total. The Labute approximate surface area is 117 Å². The van der Waals surface area contributed by atoms with Crippen LogP contribution in [0.2, 0.25) is 0 Å². The van der Waals surface area contributed by atoms with E-state index >= 15 is 0 Å². The summed E-state index contributed by atoms with van der Waals surface area (Å²) in [5, 5.41) is 2.79. The minimum atomic E-state index is -0.119. The van der Waals surface area contributed by atoms with Gasteiger partial charge in [0, 0.05) is 5.69 Å². The number of carbonyl (C=O) groups is 1. The van der Waals surface area contributed by atoms with Crippen LogP contribution in [0.15, 0.2) is 47.1 Å². The second kappa shape index (κ2) is 6.48. The van der Waals surface area contributed by atoms with Crippen molar-refractivity contribution in [2.24, 2.45) is 0 Å². The molecule has 100 valence electrons. The van der Waals surface area contributed by atoms with Gasteiger partial charge in [-0.05, 0) is 38.1 Å². The van der Waals surface area contributed by atoms with Gasteiger partial charge in [0.1, 0.15) is 5.76 Å². The van der Waals surface area contributed by atoms with Crippen molar-refractivity contribution in [2.45, 2.75) is 24.9 Å². The summed E-state index contributed by atoms with van der Waals surface area (Å²) >= 11 is 1.56. The molecule has 1 amide bonds. The smallest absolute Gasteiger partial charge is 0.237 e. The molecule has 19 heavy (non-hydrogen) atoms. The number of nitrogens with one attached hydrogen (secondary N) is 1. The number of amides is 1. The maximum atomic E-state index is 12.0. The zero-order valence-corrected chi connectivity index (χ0v) is 11.9. The number of aryl methyl sites for hydroxylation is 1. The summed E-state index contributed by atoms with van der Waals surface area (Å²) < 4.78 is 5.24. The summed E-state index contributed by atoms with van der Waals surface area (Å²) in [5.41, 5.74) is 2.01. The topological polar surface area (TPSA) is 42.2 Å². The summed E-state index contributed by atoms with van der Waals surface area (Å²) in [6.45, 7) is 3.92. The largest absolute Gasteiger partial charge is 0.468 e. The zero-order valence-electron chi connectivity index (χ0n) is 11.1. The number of benzene rings is 1. The van der Waals surface area contributed by atoms with Gasteiger partial charge in [0.15, 0.2) is 0 Å². The molecule has 0 saturated heterocycles. The molecule has 2 rings (SSSR count). The predicted octanol–water partition coefficient (Wildman–Crippen LogP) is 3.85. The van der Waals surface area contributed by atoms with Gasteiger partial charge in [0.25, 0.3) is 0 Å². The van der Waals surface area contributed by atoms with E-state index in [0.29, 0.717) is 5.75 Å². The number of hydrogen-bond acceptors (Lipinski definition) is 3. The number of furan rings is 1. The van der Waals surface area contributed by atoms with E-state index in [0.717, 1.165) is 11.4 Å². The molecule has 1 N–H and O–H groups in total. The van der Waals surface area contributed by atoms with Crippen LogP contribution in [0, 0.1) is 6.92 Å². The number of carbonyl (C=O) groups excluding carboxylic acids is 1. The molecule has 0 radical (unpaired) electrons. The fraction of sp³-hybridized carbons (Fsp3) is 0.267. The molecular weight excluding hydrogens is 258 g/mol. The molecular formula is C15H17NO2S. The number of hydrogen-bond donors (Lipinski definition) is 1. The lowest BCUT2D eigenvalue weighted by Gasteiger charge is -2.11. The van der Waals surface area contributed by atoms with Crippen LogP contribution in [0.25, 0.3) is 0 Å². The lowest BCUT2D eigenvalue weighted by atomic mass is 10.2. The van der Waals surface area contributed by atoms with Crippen molar-refractivity contribution < 1.29 is 9.21 Å². The standard InChI is InChI=1S/C15H17NO2S/c1-11-5-7-13(8-6-11)16-15(17)12(2)19-10-14-4-3-9-18-14/h3-9,12H,10H2,1-2H3,(H,16,17)/t12-/m0/s1. The highest BCUT2D eigenvalue weighted by Crippen LogP contribution is 2.19. The van der Waals surface area contributed by atoms with Gasteiger partial charge in [-0.3, -0.25) is 4.79 Å². The van der Waals surface area contributed by atoms with E-state index in [4.69, 9.17) is 4.42 Å². The SMILES string of the molecule is Cc1ccc(NC(=O)[C@H](C)SCc2ccco2)cc1. The van der Waals surface area contributed by atoms with Crippen LogP contribution in [0.5, 0.6) is 0 Å². The minimum absolute atomic E-state index is 0.0143. The first-order valence-corrected chi connectivity index (χ1v) is 7.21. The van der Waals surface area contributed by atoms with Gasteiger partial charge in [-0.25, -0.2) is 0 Å². The van der Waals surface area contributed by atoms with Gasteiger partial charge in [-0.2, -0.15) is 0 Å². The summed E-state index contributed by atoms with van der Waals surface area (Å²) in [5.74, 6) is 1.61. The second-order valence-electron chi connectivity index (χ2n) is 4.39. The number of anilines is 1. The van der Waals surface area contributed by atoms with Crippen molar-refractivity contribution in [1.29, 1.82) is 0 Å². The molecule has 4 heteroatoms. The van der Waals surface area contributed by atoms with E-state index in [-0.39, 0.29) is 11.2 Å². The van der Waals surface area contributed by atoms with Crippen LogP contribution in [-0.4, -0.2) is 11.2 Å². The van der Waals surface area contributed by atoms with Crippen molar-refractivity contribution >= 4 is 23.4 Å². The molecule has 1 aromatic heterocycles. The first kappa shape index (κ1) is 13.7. The van der Waals surface area contributed by atoms with Gasteiger partial charge in [0.05, 0.1) is 17.3 Å². The Morgan fingerprint density at radius 2 is 2.05 bits per heavy atom. The number of rotatable bonds is 5. The molecule has 2 aromatic rings. The Morgan fingerprint density at radius 3 is 2.68 bits per heavy atom. The summed E-state index contributed by atoms with van der Waals surface area (Å²) in [6.07, 6.45) is 1.65. The second-order valence-corrected chi connectivity index (χ2v) is 5.72. The lowest BCUT2D eigenvalue weighted by Crippen LogP contribution is -2.22. The van der Waals surface area contributed by atoms with Crippen LogP contribution in [0.4, 0.5) is 5.69 Å². The van der Waals surface area contributed by atoms with E-state index in [1.807, 2.05) is 50.2 Å². The van der Waals surface area contributed by atoms with Gasteiger partial charge in [-0.1, -0.05) is 17.7 Å². The Kier molecular flexibility index (Phi) is 4.68. The molecule has 0 aliphatic rings. The first-order valence-electron chi connectivity index (χ1n) is 6.16. The lowest BCUT2D eigenvalue weighted by molar-refractivity contribution is -0.115. The van der Waals surface area contributed by atoms with Crippen LogP contribution < -0.4 is 5.32 Å². The van der Waals surface area contributed by atoms with Crippen molar-refractivity contribution in [1.82, 2.24) is 0 Å². The fourth-order valence-corrected chi connectivity index (χ4v) is 2.35. The van der Waals surface area contributed by atoms with Crippen LogP contribution >= 0.6 is 11.8 Å². The molecule has 0 fully saturated rings. The quantitative estimate of drug-likeness (QED) is 0.901. The highest BCUT2D eigenvalue weighted by molar-refractivity contribution is 7.99. The highest BCUT2D eigenvalue weighted by atomic mass is 32.2. The molecule has 0 spiro atoms. The third-order valence-corrected chi connectivity index (χ3v) is 3.91. The third kappa shape index (κ3) is 4.17. The molecule has 0 aliphatic carbocycles. The Hall–Kier alpha value is -1.68. The van der Waals surface area contributed by atoms with E-state index in [1.54, 1.807) is 18.0 Å². The van der Waals surface area contributed by atoms with E-state index in [9.17, 15) is 4.79 Å². The first-order chi connectivity index (χ1) is 9.15. The van der Waals surface area contributed by atoms with Crippen LogP contribution in [0.1, 0.15) is 18.2 Å². The minimum Gasteiger partial charge on any atom is -0.468 e. The molecule has 0 aliphatic heterocycles. The Morgan fingerprint density at radius 1 is 1.32 bits per heavy atom. The molecule has 0 bridgehead atoms. The summed E-state index contributed by atoms with van der Waals surface area (Å²) in [7, 11) is 0. The highest BCUT2D eigenvalue weighted by Gasteiger charge is 2.14. The average molecular weight is 275 g/mol. The normalized spacial score (nSPS) is 12.1. The van der Waals surface area contributed by atoms with E-state index in [2.05, 4.69) is 5.32 Å². The predicted molar refractivity (Wildman–Crippen MR) is 79.3 cm³/mol. The van der Waals surface area contributed by atoms with Crippen molar-refractivity contribution in [3.05, 3.63) is 54.0 Å². The summed E-state index contributed by atoms with van der Waals surface area (Å²) in [4.78, 5) is 12.0. The van der Waals surface area contributed by atoms with Crippen molar-refractivity contribution in [3.63, 3.8) is 0 Å². The van der Waals surface area contributed by atoms with E-state index < -0.39 is 0 Å². The summed E-state index contributed by atoms with van der Waals surface area (Å²) in [6, 6.07) is 11.6.